The molecule has 8 nitrogen and oxygen atoms in total. The van der Waals surface area contributed by atoms with E-state index in [-0.39, 0.29) is 31.7 Å². The van der Waals surface area contributed by atoms with Gasteiger partial charge in [0.15, 0.2) is 17.0 Å². The lowest BCUT2D eigenvalue weighted by molar-refractivity contribution is -0.124. The van der Waals surface area contributed by atoms with Gasteiger partial charge in [-0.3, -0.25) is 0 Å². The fourth-order valence-corrected chi connectivity index (χ4v) is 3.91. The molecule has 1 aromatic carbocycles. The Morgan fingerprint density at radius 1 is 1.29 bits per heavy atom. The summed E-state index contributed by atoms with van der Waals surface area (Å²) in [5.74, 6) is -2.10. The van der Waals surface area contributed by atoms with Crippen molar-refractivity contribution in [1.29, 1.82) is 0 Å². The molecule has 0 saturated carbocycles. The van der Waals surface area contributed by atoms with Crippen molar-refractivity contribution in [1.82, 2.24) is 25.0 Å². The zero-order valence-electron chi connectivity index (χ0n) is 16.8. The molecular weight excluding hydrogens is 430 g/mol. The molecule has 0 bridgehead atoms. The van der Waals surface area contributed by atoms with E-state index in [1.54, 1.807) is 10.7 Å². The first-order chi connectivity index (χ1) is 14.9. The van der Waals surface area contributed by atoms with Gasteiger partial charge in [-0.2, -0.15) is 9.97 Å². The second-order valence-corrected chi connectivity index (χ2v) is 8.44. The topological polar surface area (TPSA) is 78.2 Å². The summed E-state index contributed by atoms with van der Waals surface area (Å²) in [4.78, 5) is 10.4. The van der Waals surface area contributed by atoms with Gasteiger partial charge in [0.2, 0.25) is 0 Å². The molecule has 2 fully saturated rings. The molecule has 2 unspecified atom stereocenters. The molecule has 0 aliphatic carbocycles. The molecule has 2 aromatic heterocycles. The lowest BCUT2D eigenvalue weighted by atomic mass is 10.0. The van der Waals surface area contributed by atoms with Gasteiger partial charge in [-0.25, -0.2) is 13.5 Å². The van der Waals surface area contributed by atoms with Crippen molar-refractivity contribution in [2.75, 3.05) is 31.2 Å². The van der Waals surface area contributed by atoms with E-state index in [9.17, 15) is 8.78 Å². The minimum absolute atomic E-state index is 0.0370. The Labute approximate surface area is 182 Å². The first kappa shape index (κ1) is 20.3. The molecule has 0 N–H and O–H groups in total. The van der Waals surface area contributed by atoms with E-state index in [1.807, 2.05) is 18.2 Å². The summed E-state index contributed by atoms with van der Waals surface area (Å²) in [6.45, 7) is 3.11. The summed E-state index contributed by atoms with van der Waals surface area (Å²) in [7, 11) is 0. The van der Waals surface area contributed by atoms with Crippen LogP contribution in [0.1, 0.15) is 18.9 Å². The average molecular weight is 451 g/mol. The molecule has 164 valence electrons. The van der Waals surface area contributed by atoms with Crippen LogP contribution < -0.4 is 9.64 Å². The van der Waals surface area contributed by atoms with E-state index >= 15 is 0 Å². The van der Waals surface area contributed by atoms with Crippen molar-refractivity contribution in [3.8, 4) is 6.01 Å². The normalized spacial score (nSPS) is 22.6. The molecule has 2 aliphatic heterocycles. The molecule has 2 atom stereocenters. The van der Waals surface area contributed by atoms with Crippen LogP contribution in [0.4, 0.5) is 14.6 Å². The van der Waals surface area contributed by atoms with Crippen LogP contribution in [0, 0.1) is 5.92 Å². The number of nitrogens with zero attached hydrogens (tertiary/aromatic N) is 6. The van der Waals surface area contributed by atoms with Gasteiger partial charge >= 0.3 is 6.01 Å². The van der Waals surface area contributed by atoms with E-state index < -0.39 is 12.5 Å². The van der Waals surface area contributed by atoms with Crippen LogP contribution in [0.15, 0.2) is 24.3 Å². The summed E-state index contributed by atoms with van der Waals surface area (Å²) in [5, 5.41) is 8.97. The van der Waals surface area contributed by atoms with E-state index in [4.69, 9.17) is 21.1 Å². The highest BCUT2D eigenvalue weighted by molar-refractivity contribution is 6.31. The molecule has 0 amide bonds. The van der Waals surface area contributed by atoms with E-state index in [1.165, 1.54) is 4.90 Å². The second-order valence-electron chi connectivity index (χ2n) is 8.03. The summed E-state index contributed by atoms with van der Waals surface area (Å²) < 4.78 is 40.6. The number of halogens is 3. The Hall–Kier alpha value is -2.59. The maximum atomic E-state index is 13.9. The van der Waals surface area contributed by atoms with Gasteiger partial charge in [0.05, 0.1) is 25.8 Å². The number of fused-ring (bicyclic) bond motifs is 1. The number of aromatic nitrogens is 5. The van der Waals surface area contributed by atoms with Crippen molar-refractivity contribution in [2.24, 2.45) is 5.92 Å². The summed E-state index contributed by atoms with van der Waals surface area (Å²) in [5.41, 5.74) is 1.59. The van der Waals surface area contributed by atoms with E-state index in [0.717, 1.165) is 5.56 Å². The Balaban J connectivity index is 1.51. The van der Waals surface area contributed by atoms with E-state index in [0.29, 0.717) is 41.1 Å². The number of rotatable bonds is 6. The van der Waals surface area contributed by atoms with Gasteiger partial charge in [0, 0.05) is 23.9 Å². The third-order valence-corrected chi connectivity index (χ3v) is 6.02. The zero-order valence-corrected chi connectivity index (χ0v) is 17.6. The van der Waals surface area contributed by atoms with Gasteiger partial charge in [-0.1, -0.05) is 41.9 Å². The van der Waals surface area contributed by atoms with E-state index in [2.05, 4.69) is 27.2 Å². The SMILES string of the molecule is CC1COC1COc1nc(N2CCC(F)(F)C2)c2nnn(Cc3ccccc3Cl)c2n1. The number of alkyl halides is 2. The number of ether oxygens (including phenoxy) is 2. The molecule has 4 heterocycles. The Morgan fingerprint density at radius 3 is 2.81 bits per heavy atom. The first-order valence-electron chi connectivity index (χ1n) is 10.1. The first-order valence-corrected chi connectivity index (χ1v) is 10.5. The molecule has 2 saturated heterocycles. The fourth-order valence-electron chi connectivity index (χ4n) is 3.71. The van der Waals surface area contributed by atoms with Gasteiger partial charge in [0.1, 0.15) is 6.61 Å². The lowest BCUT2D eigenvalue weighted by Crippen LogP contribution is -2.42. The standard InChI is InChI=1S/C20H21ClF2N6O2/c1-12-9-30-15(12)10-31-19-24-17(28-7-6-20(22,23)11-28)16-18(25-19)29(27-26-16)8-13-4-2-3-5-14(13)21/h2-5,12,15H,6-11H2,1H3. The third-order valence-electron chi connectivity index (χ3n) is 5.66. The van der Waals surface area contributed by atoms with Crippen molar-refractivity contribution in [3.05, 3.63) is 34.9 Å². The Bertz CT molecular complexity index is 1110. The van der Waals surface area contributed by atoms with Crippen LogP contribution in [0.5, 0.6) is 6.01 Å². The highest BCUT2D eigenvalue weighted by Gasteiger charge is 2.40. The minimum Gasteiger partial charge on any atom is -0.461 e. The van der Waals surface area contributed by atoms with Crippen molar-refractivity contribution in [2.45, 2.75) is 31.9 Å². The average Bonchev–Trinajstić information content (AvgIpc) is 3.31. The summed E-state index contributed by atoms with van der Waals surface area (Å²) in [6, 6.07) is 7.47. The Kier molecular flexibility index (Phi) is 5.13. The van der Waals surface area contributed by atoms with Gasteiger partial charge in [-0.15, -0.1) is 5.10 Å². The van der Waals surface area contributed by atoms with Crippen LogP contribution in [0.25, 0.3) is 11.2 Å². The largest absolute Gasteiger partial charge is 0.461 e. The number of hydrogen-bond donors (Lipinski definition) is 0. The number of hydrogen-bond acceptors (Lipinski definition) is 7. The molecular formula is C20H21ClF2N6O2. The van der Waals surface area contributed by atoms with Crippen molar-refractivity contribution < 1.29 is 18.3 Å². The number of anilines is 1. The highest BCUT2D eigenvalue weighted by atomic mass is 35.5. The third kappa shape index (κ3) is 4.01. The van der Waals surface area contributed by atoms with Gasteiger partial charge in [-0.05, 0) is 11.6 Å². The van der Waals surface area contributed by atoms with Crippen molar-refractivity contribution >= 4 is 28.6 Å². The smallest absolute Gasteiger partial charge is 0.320 e. The highest BCUT2D eigenvalue weighted by Crippen LogP contribution is 2.34. The van der Waals surface area contributed by atoms with Gasteiger partial charge in [0.25, 0.3) is 5.92 Å². The van der Waals surface area contributed by atoms with Crippen LogP contribution in [-0.4, -0.2) is 63.3 Å². The van der Waals surface area contributed by atoms with Crippen LogP contribution in [0.3, 0.4) is 0 Å². The molecule has 5 rings (SSSR count). The molecule has 31 heavy (non-hydrogen) atoms. The fraction of sp³-hybridized carbons (Fsp3) is 0.500. The lowest BCUT2D eigenvalue weighted by Gasteiger charge is -2.33. The van der Waals surface area contributed by atoms with Crippen LogP contribution in [-0.2, 0) is 11.3 Å². The predicted octanol–water partition coefficient (Wildman–Crippen LogP) is 3.18. The van der Waals surface area contributed by atoms with Gasteiger partial charge < -0.3 is 14.4 Å². The monoisotopic (exact) mass is 450 g/mol. The second kappa shape index (κ2) is 7.83. The number of benzene rings is 1. The van der Waals surface area contributed by atoms with Crippen LogP contribution in [0.2, 0.25) is 5.02 Å². The quantitative estimate of drug-likeness (QED) is 0.570. The molecule has 2 aliphatic rings. The summed E-state index contributed by atoms with van der Waals surface area (Å²) >= 11 is 6.29. The Morgan fingerprint density at radius 2 is 2.13 bits per heavy atom. The van der Waals surface area contributed by atoms with Crippen molar-refractivity contribution in [3.63, 3.8) is 0 Å². The molecule has 0 radical (unpaired) electrons. The zero-order chi connectivity index (χ0) is 21.6. The predicted molar refractivity (Wildman–Crippen MR) is 110 cm³/mol. The maximum absolute atomic E-state index is 13.9. The maximum Gasteiger partial charge on any atom is 0.320 e. The molecule has 11 heteroatoms. The summed E-state index contributed by atoms with van der Waals surface area (Å²) in [6.07, 6.45) is -0.277. The molecule has 0 spiro atoms. The molecule has 3 aromatic rings. The minimum atomic E-state index is -2.78. The van der Waals surface area contributed by atoms with Crippen LogP contribution >= 0.6 is 11.6 Å².